The molecule has 0 saturated heterocycles. The van der Waals surface area contributed by atoms with E-state index in [0.29, 0.717) is 10.7 Å². The number of halogens is 5. The number of aromatic amines is 1. The first-order valence-electron chi connectivity index (χ1n) is 4.64. The molecular formula is C10H5Cl2F3N2O. The highest BCUT2D eigenvalue weighted by atomic mass is 35.5. The van der Waals surface area contributed by atoms with Gasteiger partial charge in [0.05, 0.1) is 10.7 Å². The normalized spacial score (nSPS) is 11.8. The summed E-state index contributed by atoms with van der Waals surface area (Å²) in [6, 6.07) is 4.60. The van der Waals surface area contributed by atoms with E-state index in [1.54, 1.807) is 0 Å². The number of rotatable bonds is 1. The highest BCUT2D eigenvalue weighted by molar-refractivity contribution is 6.34. The number of nitrogens with one attached hydrogen (secondary N) is 1. The van der Waals surface area contributed by atoms with Crippen molar-refractivity contribution in [3.63, 3.8) is 0 Å². The number of nitrogens with zero attached hydrogens (tertiary/aromatic N) is 1. The van der Waals surface area contributed by atoms with E-state index in [0.717, 1.165) is 0 Å². The van der Waals surface area contributed by atoms with Gasteiger partial charge in [-0.2, -0.15) is 13.2 Å². The second-order valence-corrected chi connectivity index (χ2v) is 4.28. The van der Waals surface area contributed by atoms with E-state index in [2.05, 4.69) is 0 Å². The molecule has 1 aromatic heterocycles. The van der Waals surface area contributed by atoms with Crippen molar-refractivity contribution >= 4 is 23.2 Å². The first kappa shape index (κ1) is 13.0. The molecule has 0 saturated carbocycles. The van der Waals surface area contributed by atoms with Crippen LogP contribution in [0, 0.1) is 0 Å². The minimum atomic E-state index is -4.63. The fourth-order valence-electron chi connectivity index (χ4n) is 1.38. The Morgan fingerprint density at radius 1 is 1.17 bits per heavy atom. The molecule has 3 nitrogen and oxygen atoms in total. The van der Waals surface area contributed by atoms with Crippen molar-refractivity contribution in [3.05, 3.63) is 50.4 Å². The van der Waals surface area contributed by atoms with E-state index in [1.165, 1.54) is 18.2 Å². The molecule has 0 bridgehead atoms. The molecule has 0 atom stereocenters. The zero-order valence-corrected chi connectivity index (χ0v) is 10.1. The summed E-state index contributed by atoms with van der Waals surface area (Å²) in [5.74, 6) is 0. The standard InChI is InChI=1S/C10H5Cl2F3N2O/c11-5-1-2-6(12)7(3-5)17-9(18)4-8(16-17)10(13,14)15/h1-4,16H. The molecule has 0 radical (unpaired) electrons. The largest absolute Gasteiger partial charge is 0.432 e. The summed E-state index contributed by atoms with van der Waals surface area (Å²) in [6.07, 6.45) is -4.63. The second kappa shape index (κ2) is 4.37. The maximum atomic E-state index is 12.4. The summed E-state index contributed by atoms with van der Waals surface area (Å²) in [6.45, 7) is 0. The molecule has 0 spiro atoms. The van der Waals surface area contributed by atoms with Gasteiger partial charge in [-0.3, -0.25) is 9.89 Å². The Hall–Kier alpha value is -1.40. The molecule has 2 rings (SSSR count). The van der Waals surface area contributed by atoms with E-state index in [1.807, 2.05) is 5.10 Å². The average molecular weight is 297 g/mol. The molecule has 1 heterocycles. The number of alkyl halides is 3. The van der Waals surface area contributed by atoms with Crippen LogP contribution in [0.15, 0.2) is 29.1 Å². The smallest absolute Gasteiger partial charge is 0.286 e. The second-order valence-electron chi connectivity index (χ2n) is 3.44. The monoisotopic (exact) mass is 296 g/mol. The van der Waals surface area contributed by atoms with Crippen molar-refractivity contribution < 1.29 is 13.2 Å². The lowest BCUT2D eigenvalue weighted by atomic mass is 10.3. The van der Waals surface area contributed by atoms with Crippen molar-refractivity contribution in [1.29, 1.82) is 0 Å². The zero-order valence-electron chi connectivity index (χ0n) is 8.55. The van der Waals surface area contributed by atoms with E-state index >= 15 is 0 Å². The van der Waals surface area contributed by atoms with Gasteiger partial charge in [0.1, 0.15) is 5.69 Å². The Balaban J connectivity index is 2.62. The fraction of sp³-hybridized carbons (Fsp3) is 0.100. The third kappa shape index (κ3) is 2.39. The molecule has 96 valence electrons. The van der Waals surface area contributed by atoms with Crippen LogP contribution in [-0.2, 0) is 6.18 Å². The van der Waals surface area contributed by atoms with Crippen LogP contribution in [0.3, 0.4) is 0 Å². The Kier molecular flexibility index (Phi) is 3.16. The number of benzene rings is 1. The zero-order chi connectivity index (χ0) is 13.5. The lowest BCUT2D eigenvalue weighted by Crippen LogP contribution is -2.14. The average Bonchev–Trinajstić information content (AvgIpc) is 2.64. The van der Waals surface area contributed by atoms with Crippen molar-refractivity contribution in [2.45, 2.75) is 6.18 Å². The molecule has 0 unspecified atom stereocenters. The van der Waals surface area contributed by atoms with Gasteiger partial charge < -0.3 is 0 Å². The summed E-state index contributed by atoms with van der Waals surface area (Å²) < 4.78 is 38.0. The van der Waals surface area contributed by atoms with Crippen molar-refractivity contribution in [1.82, 2.24) is 9.78 Å². The lowest BCUT2D eigenvalue weighted by Gasteiger charge is -2.06. The molecule has 1 N–H and O–H groups in total. The van der Waals surface area contributed by atoms with Crippen LogP contribution in [-0.4, -0.2) is 9.78 Å². The molecule has 8 heteroatoms. The summed E-state index contributed by atoms with van der Waals surface area (Å²) in [5, 5.41) is 2.30. The van der Waals surface area contributed by atoms with Crippen LogP contribution >= 0.6 is 23.2 Å². The van der Waals surface area contributed by atoms with Gasteiger partial charge in [-0.05, 0) is 18.2 Å². The molecule has 0 amide bonds. The molecule has 0 aliphatic carbocycles. The molecule has 0 aliphatic heterocycles. The van der Waals surface area contributed by atoms with Crippen molar-refractivity contribution in [3.8, 4) is 5.69 Å². The van der Waals surface area contributed by atoms with Crippen LogP contribution in [0.25, 0.3) is 5.69 Å². The van der Waals surface area contributed by atoms with Gasteiger partial charge in [-0.1, -0.05) is 23.2 Å². The van der Waals surface area contributed by atoms with Crippen molar-refractivity contribution in [2.75, 3.05) is 0 Å². The number of H-pyrrole nitrogens is 1. The Morgan fingerprint density at radius 2 is 1.83 bits per heavy atom. The highest BCUT2D eigenvalue weighted by Gasteiger charge is 2.33. The van der Waals surface area contributed by atoms with E-state index in [9.17, 15) is 18.0 Å². The predicted octanol–water partition coefficient (Wildman–Crippen LogP) is 3.49. The first-order valence-corrected chi connectivity index (χ1v) is 5.39. The van der Waals surface area contributed by atoms with E-state index in [4.69, 9.17) is 23.2 Å². The Morgan fingerprint density at radius 3 is 2.39 bits per heavy atom. The van der Waals surface area contributed by atoms with Gasteiger partial charge in [0.25, 0.3) is 5.56 Å². The maximum Gasteiger partial charge on any atom is 0.432 e. The van der Waals surface area contributed by atoms with Crippen LogP contribution in [0.5, 0.6) is 0 Å². The van der Waals surface area contributed by atoms with Gasteiger partial charge in [-0.25, -0.2) is 4.68 Å². The van der Waals surface area contributed by atoms with Crippen LogP contribution in [0.4, 0.5) is 13.2 Å². The van der Waals surface area contributed by atoms with E-state index < -0.39 is 17.4 Å². The SMILES string of the molecule is O=c1cc(C(F)(F)F)[nH]n1-c1cc(Cl)ccc1Cl. The van der Waals surface area contributed by atoms with Crippen LogP contribution in [0.2, 0.25) is 10.0 Å². The number of hydrogen-bond acceptors (Lipinski definition) is 1. The first-order chi connectivity index (χ1) is 8.29. The van der Waals surface area contributed by atoms with Gasteiger partial charge >= 0.3 is 6.18 Å². The molecule has 0 fully saturated rings. The quantitative estimate of drug-likeness (QED) is 0.859. The minimum absolute atomic E-state index is 0.0599. The molecule has 1 aromatic carbocycles. The third-order valence-corrected chi connectivity index (χ3v) is 2.73. The summed E-state index contributed by atoms with van der Waals surface area (Å²) in [4.78, 5) is 11.5. The molecule has 2 aromatic rings. The van der Waals surface area contributed by atoms with Crippen LogP contribution in [0.1, 0.15) is 5.69 Å². The maximum absolute atomic E-state index is 12.4. The van der Waals surface area contributed by atoms with Crippen molar-refractivity contribution in [2.24, 2.45) is 0 Å². The minimum Gasteiger partial charge on any atom is -0.286 e. The third-order valence-electron chi connectivity index (χ3n) is 2.17. The lowest BCUT2D eigenvalue weighted by molar-refractivity contribution is -0.141. The van der Waals surface area contributed by atoms with E-state index in [-0.39, 0.29) is 15.7 Å². The van der Waals surface area contributed by atoms with Gasteiger partial charge in [0, 0.05) is 11.1 Å². The van der Waals surface area contributed by atoms with Gasteiger partial charge in [0.15, 0.2) is 0 Å². The summed E-state index contributed by atoms with van der Waals surface area (Å²) >= 11 is 11.5. The Labute approximate surface area is 109 Å². The highest BCUT2D eigenvalue weighted by Crippen LogP contribution is 2.28. The van der Waals surface area contributed by atoms with Gasteiger partial charge in [-0.15, -0.1) is 0 Å². The molecule has 0 aliphatic rings. The predicted molar refractivity (Wildman–Crippen MR) is 61.4 cm³/mol. The Bertz CT molecular complexity index is 645. The number of hydrogen-bond donors (Lipinski definition) is 1. The molecule has 18 heavy (non-hydrogen) atoms. The summed E-state index contributed by atoms with van der Waals surface area (Å²) in [5.41, 5.74) is -1.96. The molecular weight excluding hydrogens is 292 g/mol. The topological polar surface area (TPSA) is 37.8 Å². The van der Waals surface area contributed by atoms with Crippen LogP contribution < -0.4 is 5.56 Å². The number of aromatic nitrogens is 2. The summed E-state index contributed by atoms with van der Waals surface area (Å²) in [7, 11) is 0. The van der Waals surface area contributed by atoms with Gasteiger partial charge in [0.2, 0.25) is 0 Å². The fourth-order valence-corrected chi connectivity index (χ4v) is 1.75.